The molecule has 0 spiro atoms. The fraction of sp³-hybridized carbons (Fsp3) is 0.500. The Labute approximate surface area is 108 Å². The van der Waals surface area contributed by atoms with Gasteiger partial charge in [-0.1, -0.05) is 52.0 Å². The Morgan fingerprint density at radius 3 is 2.24 bits per heavy atom. The maximum atomic E-state index is 10.7. The summed E-state index contributed by atoms with van der Waals surface area (Å²) in [6, 6.07) is 8.53. The van der Waals surface area contributed by atoms with Gasteiger partial charge in [0.2, 0.25) is 0 Å². The van der Waals surface area contributed by atoms with Gasteiger partial charge in [0.25, 0.3) is 0 Å². The van der Waals surface area contributed by atoms with Crippen LogP contribution in [-0.2, 0) is 5.41 Å². The van der Waals surface area contributed by atoms with Crippen molar-refractivity contribution >= 4 is 17.0 Å². The fourth-order valence-electron chi connectivity index (χ4n) is 1.71. The van der Waals surface area contributed by atoms with Crippen LogP contribution < -0.4 is 5.32 Å². The summed E-state index contributed by atoms with van der Waals surface area (Å²) >= 11 is 5.29. The van der Waals surface area contributed by atoms with E-state index in [0.717, 1.165) is 0 Å². The van der Waals surface area contributed by atoms with Crippen LogP contribution >= 0.6 is 11.6 Å². The Morgan fingerprint density at radius 2 is 1.82 bits per heavy atom. The van der Waals surface area contributed by atoms with E-state index in [9.17, 15) is 4.79 Å². The zero-order valence-corrected chi connectivity index (χ0v) is 11.6. The Hall–Kier alpha value is -1.02. The Bertz CT molecular complexity index is 382. The standard InChI is InChI=1S/C14H20ClNO/c1-10(2)11-5-7-12(8-6-11)14(3,4)9-16-13(15)17/h5-8,10H,9H2,1-4H3,(H,16,17). The zero-order chi connectivity index (χ0) is 13.1. The summed E-state index contributed by atoms with van der Waals surface area (Å²) in [5, 5.41) is 2.15. The van der Waals surface area contributed by atoms with Gasteiger partial charge in [0.1, 0.15) is 0 Å². The van der Waals surface area contributed by atoms with Gasteiger partial charge in [0, 0.05) is 12.0 Å². The molecule has 17 heavy (non-hydrogen) atoms. The average Bonchev–Trinajstić information content (AvgIpc) is 2.27. The van der Waals surface area contributed by atoms with Crippen molar-refractivity contribution in [2.45, 2.75) is 39.0 Å². The van der Waals surface area contributed by atoms with E-state index in [1.54, 1.807) is 0 Å². The first kappa shape index (κ1) is 14.0. The summed E-state index contributed by atoms with van der Waals surface area (Å²) in [5.41, 5.74) is 2.42. The third-order valence-electron chi connectivity index (χ3n) is 3.03. The fourth-order valence-corrected chi connectivity index (χ4v) is 1.78. The van der Waals surface area contributed by atoms with Crippen molar-refractivity contribution in [2.75, 3.05) is 6.54 Å². The molecule has 1 amide bonds. The number of hydrogen-bond donors (Lipinski definition) is 1. The van der Waals surface area contributed by atoms with Gasteiger partial charge >= 0.3 is 5.37 Å². The van der Waals surface area contributed by atoms with Crippen LogP contribution in [0.2, 0.25) is 0 Å². The second kappa shape index (κ2) is 5.54. The molecule has 0 unspecified atom stereocenters. The molecule has 1 aromatic carbocycles. The maximum absolute atomic E-state index is 10.7. The normalized spacial score (nSPS) is 11.6. The lowest BCUT2D eigenvalue weighted by molar-refractivity contribution is 0.257. The number of rotatable bonds is 4. The third kappa shape index (κ3) is 4.04. The quantitative estimate of drug-likeness (QED) is 0.637. The SMILES string of the molecule is CC(C)c1ccc(C(C)(C)CNC(=O)Cl)cc1. The smallest absolute Gasteiger partial charge is 0.313 e. The monoisotopic (exact) mass is 253 g/mol. The Kier molecular flexibility index (Phi) is 4.58. The lowest BCUT2D eigenvalue weighted by Crippen LogP contribution is -2.34. The summed E-state index contributed by atoms with van der Waals surface area (Å²) in [6.45, 7) is 9.06. The first-order valence-corrected chi connectivity index (χ1v) is 6.24. The highest BCUT2D eigenvalue weighted by molar-refractivity contribution is 6.62. The van der Waals surface area contributed by atoms with Gasteiger partial charge in [-0.25, -0.2) is 0 Å². The van der Waals surface area contributed by atoms with Gasteiger partial charge in [0.05, 0.1) is 0 Å². The van der Waals surface area contributed by atoms with E-state index in [1.165, 1.54) is 11.1 Å². The molecule has 0 fully saturated rings. The van der Waals surface area contributed by atoms with E-state index in [4.69, 9.17) is 11.6 Å². The minimum atomic E-state index is -0.503. The van der Waals surface area contributed by atoms with Gasteiger partial charge in [-0.15, -0.1) is 0 Å². The van der Waals surface area contributed by atoms with Crippen molar-refractivity contribution in [1.82, 2.24) is 5.32 Å². The third-order valence-corrected chi connectivity index (χ3v) is 3.16. The molecule has 0 atom stereocenters. The van der Waals surface area contributed by atoms with Crippen LogP contribution in [0, 0.1) is 0 Å². The van der Waals surface area contributed by atoms with Crippen LogP contribution in [-0.4, -0.2) is 11.9 Å². The zero-order valence-electron chi connectivity index (χ0n) is 10.9. The van der Waals surface area contributed by atoms with Crippen LogP contribution in [0.25, 0.3) is 0 Å². The van der Waals surface area contributed by atoms with E-state index < -0.39 is 5.37 Å². The van der Waals surface area contributed by atoms with Gasteiger partial charge in [-0.3, -0.25) is 4.79 Å². The average molecular weight is 254 g/mol. The summed E-state index contributed by atoms with van der Waals surface area (Å²) in [6.07, 6.45) is 0. The molecule has 0 aromatic heterocycles. The summed E-state index contributed by atoms with van der Waals surface area (Å²) < 4.78 is 0. The first-order chi connectivity index (χ1) is 7.83. The maximum Gasteiger partial charge on any atom is 0.313 e. The highest BCUT2D eigenvalue weighted by Gasteiger charge is 2.21. The Morgan fingerprint density at radius 1 is 1.29 bits per heavy atom. The van der Waals surface area contributed by atoms with Crippen molar-refractivity contribution in [3.8, 4) is 0 Å². The summed E-state index contributed by atoms with van der Waals surface area (Å²) in [4.78, 5) is 10.7. The number of hydrogen-bond acceptors (Lipinski definition) is 1. The molecule has 0 bridgehead atoms. The van der Waals surface area contributed by atoms with Crippen LogP contribution in [0.15, 0.2) is 24.3 Å². The van der Waals surface area contributed by atoms with Crippen molar-refractivity contribution < 1.29 is 4.79 Å². The number of carbonyl (C=O) groups excluding carboxylic acids is 1. The van der Waals surface area contributed by atoms with E-state index >= 15 is 0 Å². The van der Waals surface area contributed by atoms with Crippen molar-refractivity contribution in [3.63, 3.8) is 0 Å². The molecule has 2 nitrogen and oxygen atoms in total. The minimum Gasteiger partial charge on any atom is -0.342 e. The molecule has 1 aromatic rings. The molecule has 0 saturated carbocycles. The molecule has 1 N–H and O–H groups in total. The lowest BCUT2D eigenvalue weighted by atomic mass is 9.83. The number of benzene rings is 1. The van der Waals surface area contributed by atoms with Crippen LogP contribution in [0.1, 0.15) is 44.7 Å². The lowest BCUT2D eigenvalue weighted by Gasteiger charge is -2.25. The highest BCUT2D eigenvalue weighted by Crippen LogP contribution is 2.24. The molecule has 94 valence electrons. The molecule has 0 radical (unpaired) electrons. The molecule has 0 aliphatic heterocycles. The van der Waals surface area contributed by atoms with E-state index in [2.05, 4.69) is 57.3 Å². The first-order valence-electron chi connectivity index (χ1n) is 5.86. The second-order valence-electron chi connectivity index (χ2n) is 5.29. The van der Waals surface area contributed by atoms with Gasteiger partial charge < -0.3 is 5.32 Å². The van der Waals surface area contributed by atoms with Crippen molar-refractivity contribution in [2.24, 2.45) is 0 Å². The molecule has 0 saturated heterocycles. The molecule has 0 heterocycles. The molecular formula is C14H20ClNO. The predicted molar refractivity (Wildman–Crippen MR) is 72.8 cm³/mol. The van der Waals surface area contributed by atoms with Crippen molar-refractivity contribution in [3.05, 3.63) is 35.4 Å². The van der Waals surface area contributed by atoms with E-state index in [-0.39, 0.29) is 5.41 Å². The largest absolute Gasteiger partial charge is 0.342 e. The predicted octanol–water partition coefficient (Wildman–Crippen LogP) is 4.04. The molecule has 1 rings (SSSR count). The van der Waals surface area contributed by atoms with Crippen LogP contribution in [0.3, 0.4) is 0 Å². The molecule has 0 aliphatic carbocycles. The summed E-state index contributed by atoms with van der Waals surface area (Å²) in [7, 11) is 0. The second-order valence-corrected chi connectivity index (χ2v) is 5.63. The number of carbonyl (C=O) groups is 1. The number of amides is 1. The van der Waals surface area contributed by atoms with Crippen LogP contribution in [0.4, 0.5) is 4.79 Å². The van der Waals surface area contributed by atoms with Crippen molar-refractivity contribution in [1.29, 1.82) is 0 Å². The van der Waals surface area contributed by atoms with E-state index in [1.807, 2.05) is 0 Å². The number of halogens is 1. The Balaban J connectivity index is 2.80. The van der Waals surface area contributed by atoms with E-state index in [0.29, 0.717) is 12.5 Å². The molecule has 0 aliphatic rings. The van der Waals surface area contributed by atoms with Gasteiger partial charge in [-0.05, 0) is 28.6 Å². The topological polar surface area (TPSA) is 29.1 Å². The molecular weight excluding hydrogens is 234 g/mol. The molecule has 3 heteroatoms. The van der Waals surface area contributed by atoms with Gasteiger partial charge in [0.15, 0.2) is 0 Å². The van der Waals surface area contributed by atoms with Crippen LogP contribution in [0.5, 0.6) is 0 Å². The summed E-state index contributed by atoms with van der Waals surface area (Å²) in [5.74, 6) is 0.537. The number of nitrogens with one attached hydrogen (secondary N) is 1. The minimum absolute atomic E-state index is 0.111. The highest BCUT2D eigenvalue weighted by atomic mass is 35.5. The van der Waals surface area contributed by atoms with Gasteiger partial charge in [-0.2, -0.15) is 0 Å².